The molecule has 5 heteroatoms. The summed E-state index contributed by atoms with van der Waals surface area (Å²) < 4.78 is 14.2. The van der Waals surface area contributed by atoms with Crippen molar-refractivity contribution in [2.24, 2.45) is 0 Å². The summed E-state index contributed by atoms with van der Waals surface area (Å²) in [6, 6.07) is 3.00. The summed E-state index contributed by atoms with van der Waals surface area (Å²) in [6.07, 6.45) is 0.500. The normalized spacial score (nSPS) is 18.5. The van der Waals surface area contributed by atoms with Crippen molar-refractivity contribution in [2.45, 2.75) is 19.4 Å². The number of nitrogens with zero attached hydrogens (tertiary/aromatic N) is 1. The topological polar surface area (TPSA) is 35.5 Å². The van der Waals surface area contributed by atoms with Gasteiger partial charge in [0.1, 0.15) is 5.82 Å². The molecule has 1 heterocycles. The van der Waals surface area contributed by atoms with Crippen LogP contribution in [0.4, 0.5) is 4.39 Å². The molecule has 106 valence electrons. The Hall–Kier alpha value is -0.680. The maximum Gasteiger partial charge on any atom is 0.129 e. The molecule has 3 nitrogen and oxygen atoms in total. The summed E-state index contributed by atoms with van der Waals surface area (Å²) >= 11 is 6.28. The molecule has 2 rings (SSSR count). The molecule has 1 aromatic carbocycles. The maximum absolute atomic E-state index is 14.2. The fourth-order valence-electron chi connectivity index (χ4n) is 2.61. The van der Waals surface area contributed by atoms with Crippen molar-refractivity contribution in [3.63, 3.8) is 0 Å². The molecule has 0 radical (unpaired) electrons. The SMILES string of the molecule is Cc1ccc(F)c([C@@H](CCO)N2CCNCC2)c1Cl. The predicted octanol–water partition coefficient (Wildman–Crippen LogP) is 2.12. The molecule has 19 heavy (non-hydrogen) atoms. The summed E-state index contributed by atoms with van der Waals surface area (Å²) in [5.41, 5.74) is 1.40. The van der Waals surface area contributed by atoms with Gasteiger partial charge in [-0.25, -0.2) is 4.39 Å². The Labute approximate surface area is 118 Å². The van der Waals surface area contributed by atoms with Crippen molar-refractivity contribution in [1.29, 1.82) is 0 Å². The molecule has 1 atom stereocenters. The van der Waals surface area contributed by atoms with E-state index in [2.05, 4.69) is 10.2 Å². The zero-order valence-corrected chi connectivity index (χ0v) is 11.9. The number of aliphatic hydroxyl groups excluding tert-OH is 1. The fourth-order valence-corrected chi connectivity index (χ4v) is 2.89. The summed E-state index contributed by atoms with van der Waals surface area (Å²) in [5.74, 6) is -0.285. The number of piperazine rings is 1. The van der Waals surface area contributed by atoms with Crippen molar-refractivity contribution in [1.82, 2.24) is 10.2 Å². The number of nitrogens with one attached hydrogen (secondary N) is 1. The molecule has 1 aromatic rings. The first-order chi connectivity index (χ1) is 9.15. The van der Waals surface area contributed by atoms with E-state index < -0.39 is 0 Å². The Bertz CT molecular complexity index is 436. The van der Waals surface area contributed by atoms with Gasteiger partial charge in [-0.1, -0.05) is 17.7 Å². The lowest BCUT2D eigenvalue weighted by atomic mass is 9.98. The van der Waals surface area contributed by atoms with Gasteiger partial charge in [-0.2, -0.15) is 0 Å². The molecule has 0 bridgehead atoms. The van der Waals surface area contributed by atoms with Crippen molar-refractivity contribution < 1.29 is 9.50 Å². The minimum absolute atomic E-state index is 0.0261. The van der Waals surface area contributed by atoms with Gasteiger partial charge in [0.15, 0.2) is 0 Å². The number of hydrogen-bond acceptors (Lipinski definition) is 3. The Kier molecular flexibility index (Phi) is 5.16. The molecule has 0 amide bonds. The van der Waals surface area contributed by atoms with Crippen LogP contribution in [0, 0.1) is 12.7 Å². The molecule has 1 fully saturated rings. The van der Waals surface area contributed by atoms with Crippen molar-refractivity contribution >= 4 is 11.6 Å². The summed E-state index contributed by atoms with van der Waals surface area (Å²) in [6.45, 7) is 5.35. The van der Waals surface area contributed by atoms with Crippen LogP contribution >= 0.6 is 11.6 Å². The maximum atomic E-state index is 14.2. The lowest BCUT2D eigenvalue weighted by Gasteiger charge is -2.35. The quantitative estimate of drug-likeness (QED) is 0.890. The van der Waals surface area contributed by atoms with Crippen LogP contribution in [0.2, 0.25) is 5.02 Å². The smallest absolute Gasteiger partial charge is 0.129 e. The van der Waals surface area contributed by atoms with E-state index in [0.717, 1.165) is 31.7 Å². The van der Waals surface area contributed by atoms with Crippen LogP contribution in [0.25, 0.3) is 0 Å². The van der Waals surface area contributed by atoms with E-state index in [9.17, 15) is 9.50 Å². The van der Waals surface area contributed by atoms with Crippen molar-refractivity contribution in [3.05, 3.63) is 34.1 Å². The van der Waals surface area contributed by atoms with Gasteiger partial charge in [-0.05, 0) is 25.0 Å². The molecule has 2 N–H and O–H groups in total. The van der Waals surface area contributed by atoms with Gasteiger partial charge in [-0.3, -0.25) is 4.90 Å². The molecule has 0 spiro atoms. The van der Waals surface area contributed by atoms with E-state index in [1.807, 2.05) is 6.92 Å². The monoisotopic (exact) mass is 286 g/mol. The van der Waals surface area contributed by atoms with E-state index in [4.69, 9.17) is 11.6 Å². The predicted molar refractivity (Wildman–Crippen MR) is 75.0 cm³/mol. The van der Waals surface area contributed by atoms with Crippen LogP contribution in [0.15, 0.2) is 12.1 Å². The van der Waals surface area contributed by atoms with Crippen LogP contribution in [0.3, 0.4) is 0 Å². The van der Waals surface area contributed by atoms with E-state index in [1.54, 1.807) is 6.07 Å². The van der Waals surface area contributed by atoms with Crippen LogP contribution < -0.4 is 5.32 Å². The van der Waals surface area contributed by atoms with Gasteiger partial charge in [0, 0.05) is 44.4 Å². The Morgan fingerprint density at radius 1 is 1.42 bits per heavy atom. The molecular weight excluding hydrogens is 267 g/mol. The first kappa shape index (κ1) is 14.7. The van der Waals surface area contributed by atoms with E-state index in [-0.39, 0.29) is 18.5 Å². The van der Waals surface area contributed by atoms with Gasteiger partial charge in [0.05, 0.1) is 5.02 Å². The van der Waals surface area contributed by atoms with E-state index >= 15 is 0 Å². The third-order valence-corrected chi connectivity index (χ3v) is 4.15. The molecule has 0 unspecified atom stereocenters. The highest BCUT2D eigenvalue weighted by molar-refractivity contribution is 6.32. The van der Waals surface area contributed by atoms with E-state index in [1.165, 1.54) is 6.07 Å². The number of halogens is 2. The standard InChI is InChI=1S/C14H20ClFN2O/c1-10-2-3-11(16)13(14(10)15)12(4-9-19)18-7-5-17-6-8-18/h2-3,12,17,19H,4-9H2,1H3/t12-/m1/s1. The van der Waals surface area contributed by atoms with Crippen LogP contribution in [-0.2, 0) is 0 Å². The third-order valence-electron chi connectivity index (χ3n) is 3.65. The average molecular weight is 287 g/mol. The van der Waals surface area contributed by atoms with Gasteiger partial charge in [0.25, 0.3) is 0 Å². The molecular formula is C14H20ClFN2O. The zero-order chi connectivity index (χ0) is 13.8. The number of benzene rings is 1. The molecule has 1 aliphatic heterocycles. The van der Waals surface area contributed by atoms with Crippen LogP contribution in [0.1, 0.15) is 23.6 Å². The lowest BCUT2D eigenvalue weighted by molar-refractivity contribution is 0.138. The van der Waals surface area contributed by atoms with Crippen LogP contribution in [0.5, 0.6) is 0 Å². The summed E-state index contributed by atoms with van der Waals surface area (Å²) in [7, 11) is 0. The second-order valence-corrected chi connectivity index (χ2v) is 5.28. The molecule has 0 aromatic heterocycles. The highest BCUT2D eigenvalue weighted by Gasteiger charge is 2.26. The third kappa shape index (κ3) is 3.26. The number of hydrogen-bond donors (Lipinski definition) is 2. The van der Waals surface area contributed by atoms with Gasteiger partial charge in [0.2, 0.25) is 0 Å². The minimum atomic E-state index is -0.285. The Balaban J connectivity index is 2.35. The highest BCUT2D eigenvalue weighted by atomic mass is 35.5. The second kappa shape index (κ2) is 6.66. The first-order valence-electron chi connectivity index (χ1n) is 6.65. The fraction of sp³-hybridized carbons (Fsp3) is 0.571. The van der Waals surface area contributed by atoms with E-state index in [0.29, 0.717) is 17.0 Å². The Morgan fingerprint density at radius 3 is 2.74 bits per heavy atom. The molecule has 1 aliphatic rings. The minimum Gasteiger partial charge on any atom is -0.396 e. The molecule has 0 saturated carbocycles. The van der Waals surface area contributed by atoms with Gasteiger partial charge in [-0.15, -0.1) is 0 Å². The number of aliphatic hydroxyl groups is 1. The second-order valence-electron chi connectivity index (χ2n) is 4.91. The summed E-state index contributed by atoms with van der Waals surface area (Å²) in [4.78, 5) is 2.19. The van der Waals surface area contributed by atoms with Gasteiger partial charge >= 0.3 is 0 Å². The molecule has 0 aliphatic carbocycles. The first-order valence-corrected chi connectivity index (χ1v) is 7.03. The lowest BCUT2D eigenvalue weighted by Crippen LogP contribution is -2.45. The summed E-state index contributed by atoms with van der Waals surface area (Å²) in [5, 5.41) is 13.0. The zero-order valence-electron chi connectivity index (χ0n) is 11.1. The van der Waals surface area contributed by atoms with Gasteiger partial charge < -0.3 is 10.4 Å². The van der Waals surface area contributed by atoms with Crippen molar-refractivity contribution in [3.8, 4) is 0 Å². The van der Waals surface area contributed by atoms with Crippen molar-refractivity contribution in [2.75, 3.05) is 32.8 Å². The largest absolute Gasteiger partial charge is 0.396 e. The Morgan fingerprint density at radius 2 is 2.11 bits per heavy atom. The average Bonchev–Trinajstić information content (AvgIpc) is 2.43. The number of rotatable bonds is 4. The number of aryl methyl sites for hydroxylation is 1. The molecule has 1 saturated heterocycles. The van der Waals surface area contributed by atoms with Crippen LogP contribution in [-0.4, -0.2) is 42.8 Å². The highest BCUT2D eigenvalue weighted by Crippen LogP contribution is 2.34.